The van der Waals surface area contributed by atoms with Crippen molar-refractivity contribution in [1.82, 2.24) is 15.2 Å². The molecule has 138 valence electrons. The summed E-state index contributed by atoms with van der Waals surface area (Å²) in [5.74, 6) is 1.05. The highest BCUT2D eigenvalue weighted by molar-refractivity contribution is 7.80. The van der Waals surface area contributed by atoms with Crippen LogP contribution in [-0.4, -0.2) is 48.2 Å². The van der Waals surface area contributed by atoms with E-state index in [0.717, 1.165) is 43.2 Å². The van der Waals surface area contributed by atoms with E-state index in [-0.39, 0.29) is 0 Å². The molecule has 0 unspecified atom stereocenters. The summed E-state index contributed by atoms with van der Waals surface area (Å²) >= 11 is 5.40. The number of rotatable bonds is 4. The summed E-state index contributed by atoms with van der Waals surface area (Å²) in [5.41, 5.74) is 4.66. The molecule has 1 aliphatic rings. The molecule has 1 fully saturated rings. The molecular weight excluding hydrogens is 342 g/mol. The third-order valence-electron chi connectivity index (χ3n) is 4.85. The minimum absolute atomic E-state index is 0.622. The third-order valence-corrected chi connectivity index (χ3v) is 5.10. The highest BCUT2D eigenvalue weighted by Gasteiger charge is 2.14. The minimum atomic E-state index is 0.622. The number of piperazine rings is 1. The zero-order valence-corrected chi connectivity index (χ0v) is 16.6. The highest BCUT2D eigenvalue weighted by Crippen LogP contribution is 2.15. The van der Waals surface area contributed by atoms with E-state index in [0.29, 0.717) is 11.7 Å². The Morgan fingerprint density at radius 2 is 1.85 bits per heavy atom. The largest absolute Gasteiger partial charge is 0.358 e. The zero-order valence-electron chi connectivity index (χ0n) is 15.7. The number of thiocarbonyl (C=S) groups is 1. The van der Waals surface area contributed by atoms with Gasteiger partial charge in [0, 0.05) is 44.6 Å². The van der Waals surface area contributed by atoms with Gasteiger partial charge in [-0.25, -0.2) is 4.98 Å². The predicted molar refractivity (Wildman–Crippen MR) is 113 cm³/mol. The number of anilines is 2. The Bertz CT molecular complexity index is 751. The van der Waals surface area contributed by atoms with E-state index in [2.05, 4.69) is 70.6 Å². The topological polar surface area (TPSA) is 43.4 Å². The van der Waals surface area contributed by atoms with Gasteiger partial charge in [-0.2, -0.15) is 0 Å². The summed E-state index contributed by atoms with van der Waals surface area (Å²) in [4.78, 5) is 9.30. The molecule has 0 atom stereocenters. The van der Waals surface area contributed by atoms with Crippen molar-refractivity contribution in [1.29, 1.82) is 0 Å². The Morgan fingerprint density at radius 1 is 1.08 bits per heavy atom. The van der Waals surface area contributed by atoms with E-state index in [9.17, 15) is 0 Å². The SMILES string of the molecule is Cc1ccc(NC(=S)NCc2ccc(N3CCN(C)CC3)nc2)cc1C. The number of hydrogen-bond donors (Lipinski definition) is 2. The fourth-order valence-electron chi connectivity index (χ4n) is 2.92. The van der Waals surface area contributed by atoms with Crippen molar-refractivity contribution < 1.29 is 0 Å². The predicted octanol–water partition coefficient (Wildman–Crippen LogP) is 2.94. The first-order valence-corrected chi connectivity index (χ1v) is 9.42. The lowest BCUT2D eigenvalue weighted by atomic mass is 10.1. The number of hydrogen-bond acceptors (Lipinski definition) is 4. The molecule has 2 N–H and O–H groups in total. The number of likely N-dealkylation sites (N-methyl/N-ethyl adjacent to an activating group) is 1. The second-order valence-electron chi connectivity index (χ2n) is 6.92. The van der Waals surface area contributed by atoms with Gasteiger partial charge in [0.2, 0.25) is 0 Å². The molecule has 1 aliphatic heterocycles. The number of nitrogens with zero attached hydrogens (tertiary/aromatic N) is 3. The maximum absolute atomic E-state index is 5.40. The number of pyridine rings is 1. The molecule has 26 heavy (non-hydrogen) atoms. The normalized spacial score (nSPS) is 15.0. The molecule has 1 aromatic heterocycles. The minimum Gasteiger partial charge on any atom is -0.358 e. The van der Waals surface area contributed by atoms with Gasteiger partial charge < -0.3 is 20.4 Å². The first-order chi connectivity index (χ1) is 12.5. The second-order valence-corrected chi connectivity index (χ2v) is 7.33. The lowest BCUT2D eigenvalue weighted by Crippen LogP contribution is -2.44. The number of nitrogens with one attached hydrogen (secondary N) is 2. The van der Waals surface area contributed by atoms with Crippen molar-refractivity contribution in [2.75, 3.05) is 43.4 Å². The van der Waals surface area contributed by atoms with Gasteiger partial charge in [-0.3, -0.25) is 0 Å². The highest BCUT2D eigenvalue weighted by atomic mass is 32.1. The first-order valence-electron chi connectivity index (χ1n) is 9.02. The van der Waals surface area contributed by atoms with E-state index in [1.807, 2.05) is 12.3 Å². The molecular formula is C20H27N5S. The fourth-order valence-corrected chi connectivity index (χ4v) is 3.11. The molecule has 2 aromatic rings. The van der Waals surface area contributed by atoms with Gasteiger partial charge in [0.15, 0.2) is 5.11 Å². The van der Waals surface area contributed by atoms with Crippen LogP contribution < -0.4 is 15.5 Å². The second kappa shape index (κ2) is 8.47. The Hall–Kier alpha value is -2.18. The van der Waals surface area contributed by atoms with Crippen LogP contribution in [0.5, 0.6) is 0 Å². The molecule has 1 saturated heterocycles. The average Bonchev–Trinajstić information content (AvgIpc) is 2.64. The summed E-state index contributed by atoms with van der Waals surface area (Å²) in [6.07, 6.45) is 1.93. The molecule has 5 nitrogen and oxygen atoms in total. The number of benzene rings is 1. The van der Waals surface area contributed by atoms with Crippen molar-refractivity contribution in [3.8, 4) is 0 Å². The van der Waals surface area contributed by atoms with Crippen LogP contribution in [0.4, 0.5) is 11.5 Å². The summed E-state index contributed by atoms with van der Waals surface area (Å²) in [6.45, 7) is 9.11. The Balaban J connectivity index is 1.49. The van der Waals surface area contributed by atoms with Crippen LogP contribution in [-0.2, 0) is 6.54 Å². The molecule has 0 radical (unpaired) electrons. The monoisotopic (exact) mass is 369 g/mol. The van der Waals surface area contributed by atoms with Gasteiger partial charge >= 0.3 is 0 Å². The zero-order chi connectivity index (χ0) is 18.5. The number of aryl methyl sites for hydroxylation is 2. The van der Waals surface area contributed by atoms with Crippen LogP contribution in [0, 0.1) is 13.8 Å². The van der Waals surface area contributed by atoms with Crippen molar-refractivity contribution in [2.24, 2.45) is 0 Å². The molecule has 6 heteroatoms. The summed E-state index contributed by atoms with van der Waals surface area (Å²) < 4.78 is 0. The summed E-state index contributed by atoms with van der Waals surface area (Å²) in [7, 11) is 2.16. The quantitative estimate of drug-likeness (QED) is 0.808. The van der Waals surface area contributed by atoms with Crippen LogP contribution in [0.3, 0.4) is 0 Å². The van der Waals surface area contributed by atoms with Crippen molar-refractivity contribution in [3.63, 3.8) is 0 Å². The van der Waals surface area contributed by atoms with Crippen LogP contribution >= 0.6 is 12.2 Å². The lowest BCUT2D eigenvalue weighted by Gasteiger charge is -2.33. The molecule has 1 aromatic carbocycles. The van der Waals surface area contributed by atoms with Crippen LogP contribution in [0.2, 0.25) is 0 Å². The smallest absolute Gasteiger partial charge is 0.171 e. The van der Waals surface area contributed by atoms with Gasteiger partial charge in [0.25, 0.3) is 0 Å². The van der Waals surface area contributed by atoms with Crippen molar-refractivity contribution in [2.45, 2.75) is 20.4 Å². The van der Waals surface area contributed by atoms with Gasteiger partial charge in [-0.15, -0.1) is 0 Å². The molecule has 0 spiro atoms. The van der Waals surface area contributed by atoms with E-state index >= 15 is 0 Å². The molecule has 3 rings (SSSR count). The van der Waals surface area contributed by atoms with Gasteiger partial charge in [-0.05, 0) is 68.0 Å². The molecule has 0 amide bonds. The Kier molecular flexibility index (Phi) is 6.06. The Morgan fingerprint density at radius 3 is 2.50 bits per heavy atom. The Labute approximate surface area is 161 Å². The van der Waals surface area contributed by atoms with Gasteiger partial charge in [-0.1, -0.05) is 12.1 Å². The first kappa shape index (κ1) is 18.6. The van der Waals surface area contributed by atoms with Crippen molar-refractivity contribution >= 4 is 28.8 Å². The van der Waals surface area contributed by atoms with Crippen LogP contribution in [0.1, 0.15) is 16.7 Å². The average molecular weight is 370 g/mol. The summed E-state index contributed by atoms with van der Waals surface area (Å²) in [6, 6.07) is 10.5. The molecule has 2 heterocycles. The van der Waals surface area contributed by atoms with Crippen molar-refractivity contribution in [3.05, 3.63) is 53.2 Å². The lowest BCUT2D eigenvalue weighted by molar-refractivity contribution is 0.312. The number of aromatic nitrogens is 1. The van der Waals surface area contributed by atoms with Crippen LogP contribution in [0.25, 0.3) is 0 Å². The standard InChI is InChI=1S/C20H27N5S/c1-15-4-6-18(12-16(15)2)23-20(26)22-14-17-5-7-19(21-13-17)25-10-8-24(3)9-11-25/h4-7,12-13H,8-11,14H2,1-3H3,(H2,22,23,26). The molecule has 0 saturated carbocycles. The van der Waals surface area contributed by atoms with E-state index < -0.39 is 0 Å². The molecule has 0 bridgehead atoms. The van der Waals surface area contributed by atoms with E-state index in [1.165, 1.54) is 11.1 Å². The van der Waals surface area contributed by atoms with Gasteiger partial charge in [0.1, 0.15) is 5.82 Å². The molecule has 0 aliphatic carbocycles. The maximum atomic E-state index is 5.40. The van der Waals surface area contributed by atoms with Crippen LogP contribution in [0.15, 0.2) is 36.5 Å². The van der Waals surface area contributed by atoms with Gasteiger partial charge in [0.05, 0.1) is 0 Å². The summed E-state index contributed by atoms with van der Waals surface area (Å²) in [5, 5.41) is 7.10. The van der Waals surface area contributed by atoms with E-state index in [1.54, 1.807) is 0 Å². The maximum Gasteiger partial charge on any atom is 0.171 e. The third kappa shape index (κ3) is 4.93. The van der Waals surface area contributed by atoms with E-state index in [4.69, 9.17) is 12.2 Å². The fraction of sp³-hybridized carbons (Fsp3) is 0.400.